The van der Waals surface area contributed by atoms with E-state index >= 15 is 0 Å². The lowest BCUT2D eigenvalue weighted by Crippen LogP contribution is -2.31. The second-order valence-corrected chi connectivity index (χ2v) is 8.66. The van der Waals surface area contributed by atoms with E-state index in [-0.39, 0.29) is 21.4 Å². The third-order valence-corrected chi connectivity index (χ3v) is 7.29. The number of carbonyl (C=O) groups is 1. The molecule has 1 amide bonds. The molecule has 0 fully saturated rings. The summed E-state index contributed by atoms with van der Waals surface area (Å²) < 4.78 is 27.0. The van der Waals surface area contributed by atoms with E-state index in [4.69, 9.17) is 11.6 Å². The fourth-order valence-electron chi connectivity index (χ4n) is 3.13. The van der Waals surface area contributed by atoms with Gasteiger partial charge in [-0.05, 0) is 42.2 Å². The van der Waals surface area contributed by atoms with Crippen LogP contribution in [0.3, 0.4) is 0 Å². The highest BCUT2D eigenvalue weighted by atomic mass is 35.5. The standard InChI is InChI=1S/C21H27ClN2O3S/c1-5-15-10-9-11-16(6-2)20(15)23-21(25)17-12-13-18(22)19(14-17)28(26,27)24(7-3)8-4/h9-14H,5-8H2,1-4H3,(H,23,25). The van der Waals surface area contributed by atoms with Crippen molar-refractivity contribution in [3.05, 3.63) is 58.1 Å². The number of hydrogen-bond donors (Lipinski definition) is 1. The van der Waals surface area contributed by atoms with Gasteiger partial charge in [0.05, 0.1) is 5.02 Å². The van der Waals surface area contributed by atoms with Crippen LogP contribution >= 0.6 is 11.6 Å². The van der Waals surface area contributed by atoms with Gasteiger partial charge in [-0.2, -0.15) is 4.31 Å². The zero-order chi connectivity index (χ0) is 20.9. The highest BCUT2D eigenvalue weighted by Crippen LogP contribution is 2.27. The minimum atomic E-state index is -3.77. The maximum Gasteiger partial charge on any atom is 0.255 e. The van der Waals surface area contributed by atoms with Gasteiger partial charge in [-0.15, -0.1) is 0 Å². The van der Waals surface area contributed by atoms with Crippen LogP contribution in [0.5, 0.6) is 0 Å². The first kappa shape index (κ1) is 22.4. The van der Waals surface area contributed by atoms with E-state index in [1.54, 1.807) is 19.9 Å². The minimum absolute atomic E-state index is 0.0509. The number of nitrogens with one attached hydrogen (secondary N) is 1. The van der Waals surface area contributed by atoms with Crippen molar-refractivity contribution >= 4 is 33.2 Å². The molecule has 0 aliphatic carbocycles. The number of aryl methyl sites for hydroxylation is 2. The van der Waals surface area contributed by atoms with E-state index in [0.717, 1.165) is 29.7 Å². The molecule has 0 atom stereocenters. The summed E-state index contributed by atoms with van der Waals surface area (Å²) in [6.07, 6.45) is 1.57. The molecule has 0 unspecified atom stereocenters. The van der Waals surface area contributed by atoms with E-state index in [2.05, 4.69) is 5.32 Å². The van der Waals surface area contributed by atoms with Gasteiger partial charge in [0.1, 0.15) is 4.90 Å². The number of rotatable bonds is 8. The molecule has 7 heteroatoms. The molecule has 0 saturated carbocycles. The number of nitrogens with zero attached hydrogens (tertiary/aromatic N) is 1. The van der Waals surface area contributed by atoms with Gasteiger partial charge in [0.15, 0.2) is 0 Å². The number of carbonyl (C=O) groups excluding carboxylic acids is 1. The quantitative estimate of drug-likeness (QED) is 0.667. The first-order valence-corrected chi connectivity index (χ1v) is 11.3. The molecule has 152 valence electrons. The average Bonchev–Trinajstić information content (AvgIpc) is 2.68. The fourth-order valence-corrected chi connectivity index (χ4v) is 5.09. The van der Waals surface area contributed by atoms with Crippen molar-refractivity contribution in [2.45, 2.75) is 45.4 Å². The Balaban J connectivity index is 2.44. The predicted octanol–water partition coefficient (Wildman–Crippen LogP) is 4.75. The van der Waals surface area contributed by atoms with Gasteiger partial charge >= 0.3 is 0 Å². The molecule has 2 rings (SSSR count). The molecule has 1 N–H and O–H groups in total. The zero-order valence-electron chi connectivity index (χ0n) is 16.8. The lowest BCUT2D eigenvalue weighted by atomic mass is 10.0. The van der Waals surface area contributed by atoms with Gasteiger partial charge in [0.2, 0.25) is 10.0 Å². The van der Waals surface area contributed by atoms with Gasteiger partial charge in [0, 0.05) is 24.3 Å². The lowest BCUT2D eigenvalue weighted by Gasteiger charge is -2.20. The first-order chi connectivity index (χ1) is 13.3. The zero-order valence-corrected chi connectivity index (χ0v) is 18.3. The molecular formula is C21H27ClN2O3S. The van der Waals surface area contributed by atoms with Gasteiger partial charge < -0.3 is 5.32 Å². The summed E-state index contributed by atoms with van der Waals surface area (Å²) in [7, 11) is -3.77. The van der Waals surface area contributed by atoms with E-state index in [0.29, 0.717) is 13.1 Å². The minimum Gasteiger partial charge on any atom is -0.321 e. The van der Waals surface area contributed by atoms with Crippen LogP contribution in [0.15, 0.2) is 41.3 Å². The van der Waals surface area contributed by atoms with Crippen LogP contribution in [0.4, 0.5) is 5.69 Å². The Labute approximate surface area is 172 Å². The summed E-state index contributed by atoms with van der Waals surface area (Å²) in [5.41, 5.74) is 3.12. The molecule has 0 heterocycles. The van der Waals surface area contributed by atoms with Crippen molar-refractivity contribution in [3.63, 3.8) is 0 Å². The average molecular weight is 423 g/mol. The monoisotopic (exact) mass is 422 g/mol. The summed E-state index contributed by atoms with van der Waals surface area (Å²) in [5.74, 6) is -0.358. The molecule has 5 nitrogen and oxygen atoms in total. The van der Waals surface area contributed by atoms with Gasteiger partial charge in [-0.25, -0.2) is 8.42 Å². The molecule has 2 aromatic carbocycles. The fraction of sp³-hybridized carbons (Fsp3) is 0.381. The third-order valence-electron chi connectivity index (χ3n) is 4.75. The summed E-state index contributed by atoms with van der Waals surface area (Å²) in [4.78, 5) is 12.8. The molecule has 28 heavy (non-hydrogen) atoms. The van der Waals surface area contributed by atoms with Crippen LogP contribution in [0.1, 0.15) is 49.2 Å². The van der Waals surface area contributed by atoms with Crippen molar-refractivity contribution < 1.29 is 13.2 Å². The molecule has 0 spiro atoms. The topological polar surface area (TPSA) is 66.5 Å². The number of benzene rings is 2. The molecule has 0 radical (unpaired) electrons. The summed E-state index contributed by atoms with van der Waals surface area (Å²) in [5, 5.41) is 3.07. The molecule has 0 aliphatic heterocycles. The van der Waals surface area contributed by atoms with Crippen molar-refractivity contribution in [2.75, 3.05) is 18.4 Å². The normalized spacial score (nSPS) is 11.6. The summed E-state index contributed by atoms with van der Waals surface area (Å²) >= 11 is 6.16. The van der Waals surface area contributed by atoms with Crippen LogP contribution in [0.2, 0.25) is 5.02 Å². The Morgan fingerprint density at radius 3 is 2.07 bits per heavy atom. The molecule has 0 aliphatic rings. The lowest BCUT2D eigenvalue weighted by molar-refractivity contribution is 0.102. The van der Waals surface area contributed by atoms with E-state index < -0.39 is 10.0 Å². The van der Waals surface area contributed by atoms with Gasteiger partial charge in [0.25, 0.3) is 5.91 Å². The first-order valence-electron chi connectivity index (χ1n) is 9.51. The van der Waals surface area contributed by atoms with Crippen LogP contribution < -0.4 is 5.32 Å². The van der Waals surface area contributed by atoms with E-state index in [1.165, 1.54) is 16.4 Å². The highest BCUT2D eigenvalue weighted by Gasteiger charge is 2.25. The highest BCUT2D eigenvalue weighted by molar-refractivity contribution is 7.89. The summed E-state index contributed by atoms with van der Waals surface area (Å²) in [6.45, 7) is 8.24. The molecule has 0 aromatic heterocycles. The molecule has 2 aromatic rings. The molecular weight excluding hydrogens is 396 g/mol. The number of amides is 1. The number of hydrogen-bond acceptors (Lipinski definition) is 3. The van der Waals surface area contributed by atoms with Crippen molar-refractivity contribution in [3.8, 4) is 0 Å². The van der Waals surface area contributed by atoms with Crippen molar-refractivity contribution in [2.24, 2.45) is 0 Å². The van der Waals surface area contributed by atoms with Gasteiger partial charge in [-0.1, -0.05) is 57.5 Å². The Morgan fingerprint density at radius 1 is 1.00 bits per heavy atom. The molecule has 0 bridgehead atoms. The Kier molecular flexibility index (Phi) is 7.63. The van der Waals surface area contributed by atoms with Crippen LogP contribution in [0, 0.1) is 0 Å². The third kappa shape index (κ3) is 4.57. The van der Waals surface area contributed by atoms with Crippen LogP contribution in [0.25, 0.3) is 0 Å². The van der Waals surface area contributed by atoms with E-state index in [9.17, 15) is 13.2 Å². The number of sulfonamides is 1. The van der Waals surface area contributed by atoms with Crippen LogP contribution in [-0.2, 0) is 22.9 Å². The summed E-state index contributed by atoms with van der Waals surface area (Å²) in [6, 6.07) is 10.3. The number of para-hydroxylation sites is 1. The second kappa shape index (κ2) is 9.54. The Bertz CT molecular complexity index is 932. The number of anilines is 1. The van der Waals surface area contributed by atoms with Crippen molar-refractivity contribution in [1.82, 2.24) is 4.31 Å². The Morgan fingerprint density at radius 2 is 1.57 bits per heavy atom. The second-order valence-electron chi connectivity index (χ2n) is 6.35. The Hall–Kier alpha value is -1.89. The smallest absolute Gasteiger partial charge is 0.255 e. The van der Waals surface area contributed by atoms with Crippen LogP contribution in [-0.4, -0.2) is 31.7 Å². The molecule has 0 saturated heterocycles. The predicted molar refractivity (Wildman–Crippen MR) is 115 cm³/mol. The maximum atomic E-state index is 12.9. The van der Waals surface area contributed by atoms with E-state index in [1.807, 2.05) is 32.0 Å². The maximum absolute atomic E-state index is 12.9. The number of halogens is 1. The van der Waals surface area contributed by atoms with Crippen molar-refractivity contribution in [1.29, 1.82) is 0 Å². The SMILES string of the molecule is CCc1cccc(CC)c1NC(=O)c1ccc(Cl)c(S(=O)(=O)N(CC)CC)c1. The van der Waals surface area contributed by atoms with Gasteiger partial charge in [-0.3, -0.25) is 4.79 Å². The largest absolute Gasteiger partial charge is 0.321 e.